The monoisotopic (exact) mass is 411 g/mol. The minimum atomic E-state index is -0.535. The van der Waals surface area contributed by atoms with Crippen molar-refractivity contribution in [1.82, 2.24) is 24.7 Å². The third-order valence-corrected chi connectivity index (χ3v) is 5.15. The summed E-state index contributed by atoms with van der Waals surface area (Å²) >= 11 is 7.39. The normalized spacial score (nSPS) is 10.9. The molecule has 2 aromatic carbocycles. The van der Waals surface area contributed by atoms with Crippen LogP contribution < -0.4 is 11.2 Å². The molecule has 4 aromatic rings. The average Bonchev–Trinajstić information content (AvgIpc) is 3.11. The van der Waals surface area contributed by atoms with Gasteiger partial charge in [0.1, 0.15) is 0 Å². The molecule has 0 bridgehead atoms. The number of thioether (sulfide) groups is 1. The van der Waals surface area contributed by atoms with Crippen molar-refractivity contribution in [2.75, 3.05) is 0 Å². The van der Waals surface area contributed by atoms with Crippen molar-refractivity contribution in [2.24, 2.45) is 0 Å². The Labute approximate surface area is 168 Å². The van der Waals surface area contributed by atoms with Crippen LogP contribution in [0.2, 0.25) is 5.02 Å². The summed E-state index contributed by atoms with van der Waals surface area (Å²) in [5.74, 6) is 1.05. The van der Waals surface area contributed by atoms with E-state index < -0.39 is 11.2 Å². The number of rotatable bonds is 5. The smallest absolute Gasteiger partial charge is 0.310 e. The topological polar surface area (TPSA) is 96.4 Å². The Morgan fingerprint density at radius 2 is 1.71 bits per heavy atom. The lowest BCUT2D eigenvalue weighted by Gasteiger charge is -2.10. The standard InChI is InChI=1S/C19H14ClN5O2S/c20-13-6-8-15(9-7-13)25-17(12-4-2-1-3-5-12)23-24-19(25)28-11-14-10-16(26)22-18(27)21-14/h1-10H,11H2,(H2,21,22,26,27). The van der Waals surface area contributed by atoms with Gasteiger partial charge in [-0.2, -0.15) is 0 Å². The summed E-state index contributed by atoms with van der Waals surface area (Å²) < 4.78 is 1.92. The van der Waals surface area contributed by atoms with Crippen molar-refractivity contribution in [1.29, 1.82) is 0 Å². The highest BCUT2D eigenvalue weighted by Crippen LogP contribution is 2.29. The molecule has 28 heavy (non-hydrogen) atoms. The van der Waals surface area contributed by atoms with E-state index in [1.807, 2.05) is 47.0 Å². The van der Waals surface area contributed by atoms with Crippen LogP contribution in [-0.4, -0.2) is 24.7 Å². The Hall–Kier alpha value is -3.10. The van der Waals surface area contributed by atoms with Crippen molar-refractivity contribution in [3.8, 4) is 17.1 Å². The Morgan fingerprint density at radius 3 is 2.43 bits per heavy atom. The van der Waals surface area contributed by atoms with E-state index in [0.29, 0.717) is 27.5 Å². The number of hydrogen-bond donors (Lipinski definition) is 2. The number of hydrogen-bond acceptors (Lipinski definition) is 5. The largest absolute Gasteiger partial charge is 0.325 e. The van der Waals surface area contributed by atoms with Gasteiger partial charge in [-0.1, -0.05) is 53.7 Å². The van der Waals surface area contributed by atoms with E-state index in [2.05, 4.69) is 20.2 Å². The first-order chi connectivity index (χ1) is 13.6. The van der Waals surface area contributed by atoms with Crippen LogP contribution in [-0.2, 0) is 5.75 Å². The lowest BCUT2D eigenvalue weighted by molar-refractivity contribution is 0.883. The zero-order chi connectivity index (χ0) is 19.5. The first kappa shape index (κ1) is 18.3. The number of benzene rings is 2. The van der Waals surface area contributed by atoms with Crippen LogP contribution in [0.4, 0.5) is 0 Å². The molecule has 2 N–H and O–H groups in total. The second-order valence-corrected chi connectivity index (χ2v) is 7.26. The molecule has 2 aromatic heterocycles. The van der Waals surface area contributed by atoms with Gasteiger partial charge >= 0.3 is 5.69 Å². The second kappa shape index (κ2) is 7.87. The highest BCUT2D eigenvalue weighted by atomic mass is 35.5. The van der Waals surface area contributed by atoms with Gasteiger partial charge in [-0.3, -0.25) is 14.3 Å². The van der Waals surface area contributed by atoms with E-state index in [9.17, 15) is 9.59 Å². The van der Waals surface area contributed by atoms with E-state index >= 15 is 0 Å². The number of nitrogens with zero attached hydrogens (tertiary/aromatic N) is 3. The van der Waals surface area contributed by atoms with Gasteiger partial charge in [0, 0.05) is 33.8 Å². The fourth-order valence-corrected chi connectivity index (χ4v) is 3.69. The summed E-state index contributed by atoms with van der Waals surface area (Å²) in [5.41, 5.74) is 1.30. The molecule has 0 aliphatic carbocycles. The van der Waals surface area contributed by atoms with Crippen molar-refractivity contribution in [2.45, 2.75) is 10.9 Å². The lowest BCUT2D eigenvalue weighted by atomic mass is 10.2. The Morgan fingerprint density at radius 1 is 0.964 bits per heavy atom. The van der Waals surface area contributed by atoms with Crippen LogP contribution in [0.5, 0.6) is 0 Å². The summed E-state index contributed by atoms with van der Waals surface area (Å²) in [7, 11) is 0. The molecule has 0 fully saturated rings. The maximum absolute atomic E-state index is 11.5. The number of H-pyrrole nitrogens is 2. The van der Waals surface area contributed by atoms with E-state index in [-0.39, 0.29) is 0 Å². The Kier molecular flexibility index (Phi) is 5.14. The fourth-order valence-electron chi connectivity index (χ4n) is 2.70. The number of nitrogens with one attached hydrogen (secondary N) is 2. The third-order valence-electron chi connectivity index (χ3n) is 3.92. The minimum absolute atomic E-state index is 0.361. The van der Waals surface area contributed by atoms with Crippen LogP contribution in [0, 0.1) is 0 Å². The first-order valence-electron chi connectivity index (χ1n) is 8.32. The van der Waals surface area contributed by atoms with Gasteiger partial charge in [-0.25, -0.2) is 4.79 Å². The van der Waals surface area contributed by atoms with Crippen molar-refractivity contribution >= 4 is 23.4 Å². The molecule has 4 rings (SSSR count). The maximum Gasteiger partial charge on any atom is 0.325 e. The summed E-state index contributed by atoms with van der Waals surface area (Å²) in [6, 6.07) is 18.4. The molecule has 0 aliphatic heterocycles. The molecule has 0 unspecified atom stereocenters. The fraction of sp³-hybridized carbons (Fsp3) is 0.0526. The van der Waals surface area contributed by atoms with E-state index in [4.69, 9.17) is 11.6 Å². The molecule has 0 saturated heterocycles. The van der Waals surface area contributed by atoms with Gasteiger partial charge < -0.3 is 4.98 Å². The van der Waals surface area contributed by atoms with Crippen molar-refractivity contribution in [3.63, 3.8) is 0 Å². The maximum atomic E-state index is 11.5. The summed E-state index contributed by atoms with van der Waals surface area (Å²) in [6.07, 6.45) is 0. The van der Waals surface area contributed by atoms with Crippen molar-refractivity contribution < 1.29 is 0 Å². The van der Waals surface area contributed by atoms with Gasteiger partial charge in [-0.15, -0.1) is 10.2 Å². The van der Waals surface area contributed by atoms with Gasteiger partial charge in [-0.05, 0) is 24.3 Å². The minimum Gasteiger partial charge on any atom is -0.310 e. The SMILES string of the molecule is O=c1cc(CSc2nnc(-c3ccccc3)n2-c2ccc(Cl)cc2)[nH]c(=O)[nH]1. The summed E-state index contributed by atoms with van der Waals surface area (Å²) in [4.78, 5) is 27.7. The highest BCUT2D eigenvalue weighted by molar-refractivity contribution is 7.98. The lowest BCUT2D eigenvalue weighted by Crippen LogP contribution is -2.22. The summed E-state index contributed by atoms with van der Waals surface area (Å²) in [5, 5.41) is 9.93. The molecular formula is C19H14ClN5O2S. The first-order valence-corrected chi connectivity index (χ1v) is 9.68. The molecule has 9 heteroatoms. The van der Waals surface area contributed by atoms with E-state index in [0.717, 1.165) is 11.3 Å². The molecule has 7 nitrogen and oxygen atoms in total. The predicted octanol–water partition coefficient (Wildman–Crippen LogP) is 3.26. The van der Waals surface area contributed by atoms with Crippen LogP contribution in [0.25, 0.3) is 17.1 Å². The zero-order valence-electron chi connectivity index (χ0n) is 14.4. The van der Waals surface area contributed by atoms with Gasteiger partial charge in [0.15, 0.2) is 11.0 Å². The van der Waals surface area contributed by atoms with Crippen LogP contribution >= 0.6 is 23.4 Å². The van der Waals surface area contributed by atoms with Crippen molar-refractivity contribution in [3.05, 3.63) is 92.2 Å². The zero-order valence-corrected chi connectivity index (χ0v) is 16.0. The molecule has 0 amide bonds. The molecule has 0 radical (unpaired) electrons. The van der Waals surface area contributed by atoms with Gasteiger partial charge in [0.05, 0.1) is 0 Å². The molecule has 0 spiro atoms. The second-order valence-electron chi connectivity index (χ2n) is 5.89. The predicted molar refractivity (Wildman–Crippen MR) is 109 cm³/mol. The summed E-state index contributed by atoms with van der Waals surface area (Å²) in [6.45, 7) is 0. The number of halogens is 1. The number of aromatic nitrogens is 5. The molecule has 2 heterocycles. The molecule has 140 valence electrons. The Balaban J connectivity index is 1.74. The van der Waals surface area contributed by atoms with Crippen LogP contribution in [0.3, 0.4) is 0 Å². The Bertz CT molecular complexity index is 1190. The molecule has 0 atom stereocenters. The van der Waals surface area contributed by atoms with E-state index in [1.54, 1.807) is 12.1 Å². The molecule has 0 aliphatic rings. The quantitative estimate of drug-likeness (QED) is 0.491. The van der Waals surface area contributed by atoms with Crippen LogP contribution in [0.1, 0.15) is 5.69 Å². The average molecular weight is 412 g/mol. The van der Waals surface area contributed by atoms with Gasteiger partial charge in [0.25, 0.3) is 5.56 Å². The highest BCUT2D eigenvalue weighted by Gasteiger charge is 2.16. The number of aromatic amines is 2. The van der Waals surface area contributed by atoms with Crippen LogP contribution in [0.15, 0.2) is 75.4 Å². The molecule has 0 saturated carbocycles. The third kappa shape index (κ3) is 3.92. The molecular weight excluding hydrogens is 398 g/mol. The van der Waals surface area contributed by atoms with Gasteiger partial charge in [0.2, 0.25) is 0 Å². The van der Waals surface area contributed by atoms with E-state index in [1.165, 1.54) is 17.8 Å².